The molecule has 1 aliphatic heterocycles. The SMILES string of the molecule is Cc1csc(C2CCN(c3ccc(N)cc3)CC2)n1. The zero-order valence-corrected chi connectivity index (χ0v) is 12.0. The lowest BCUT2D eigenvalue weighted by Gasteiger charge is -2.32. The predicted molar refractivity (Wildman–Crippen MR) is 81.9 cm³/mol. The van der Waals surface area contributed by atoms with E-state index in [4.69, 9.17) is 5.73 Å². The van der Waals surface area contributed by atoms with E-state index in [1.165, 1.54) is 23.5 Å². The van der Waals surface area contributed by atoms with E-state index in [0.29, 0.717) is 5.92 Å². The van der Waals surface area contributed by atoms with E-state index in [2.05, 4.69) is 34.3 Å². The summed E-state index contributed by atoms with van der Waals surface area (Å²) in [6.07, 6.45) is 2.38. The number of thiazole rings is 1. The third-order valence-electron chi connectivity index (χ3n) is 3.74. The molecule has 1 saturated heterocycles. The molecule has 3 nitrogen and oxygen atoms in total. The highest BCUT2D eigenvalue weighted by molar-refractivity contribution is 7.09. The molecule has 0 atom stereocenters. The molecule has 0 spiro atoms. The van der Waals surface area contributed by atoms with Gasteiger partial charge in [0.25, 0.3) is 0 Å². The number of hydrogen-bond acceptors (Lipinski definition) is 4. The summed E-state index contributed by atoms with van der Waals surface area (Å²) in [5.74, 6) is 0.642. The van der Waals surface area contributed by atoms with Crippen LogP contribution in [0.25, 0.3) is 0 Å². The molecule has 1 fully saturated rings. The fourth-order valence-corrected chi connectivity index (χ4v) is 3.60. The molecule has 1 aromatic carbocycles. The van der Waals surface area contributed by atoms with Crippen molar-refractivity contribution >= 4 is 22.7 Å². The Morgan fingerprint density at radius 3 is 2.47 bits per heavy atom. The van der Waals surface area contributed by atoms with Gasteiger partial charge in [0.2, 0.25) is 0 Å². The van der Waals surface area contributed by atoms with E-state index >= 15 is 0 Å². The van der Waals surface area contributed by atoms with Crippen LogP contribution in [-0.2, 0) is 0 Å². The number of aryl methyl sites for hydroxylation is 1. The first-order chi connectivity index (χ1) is 9.22. The molecule has 1 aromatic heterocycles. The van der Waals surface area contributed by atoms with Gasteiger partial charge in [-0.05, 0) is 44.0 Å². The first-order valence-electron chi connectivity index (χ1n) is 6.75. The van der Waals surface area contributed by atoms with Crippen LogP contribution in [0.15, 0.2) is 29.6 Å². The summed E-state index contributed by atoms with van der Waals surface area (Å²) in [7, 11) is 0. The van der Waals surface area contributed by atoms with Gasteiger partial charge >= 0.3 is 0 Å². The van der Waals surface area contributed by atoms with Crippen LogP contribution in [0.4, 0.5) is 11.4 Å². The number of nitrogen functional groups attached to an aromatic ring is 1. The van der Waals surface area contributed by atoms with Gasteiger partial charge in [0.1, 0.15) is 0 Å². The molecule has 0 amide bonds. The predicted octanol–water partition coefficient (Wildman–Crippen LogP) is 3.42. The van der Waals surface area contributed by atoms with Crippen LogP contribution >= 0.6 is 11.3 Å². The Morgan fingerprint density at radius 2 is 1.89 bits per heavy atom. The van der Waals surface area contributed by atoms with Crippen LogP contribution in [0.2, 0.25) is 0 Å². The number of hydrogen-bond donors (Lipinski definition) is 1. The summed E-state index contributed by atoms with van der Waals surface area (Å²) in [6.45, 7) is 4.28. The second kappa shape index (κ2) is 5.21. The maximum atomic E-state index is 5.73. The standard InChI is InChI=1S/C15H19N3S/c1-11-10-19-15(17-11)12-6-8-18(9-7-12)14-4-2-13(16)3-5-14/h2-5,10,12H,6-9,16H2,1H3. The van der Waals surface area contributed by atoms with Crippen LogP contribution in [0.1, 0.15) is 29.5 Å². The molecule has 0 bridgehead atoms. The fourth-order valence-electron chi connectivity index (χ4n) is 2.63. The zero-order chi connectivity index (χ0) is 13.2. The number of rotatable bonds is 2. The maximum Gasteiger partial charge on any atom is 0.0960 e. The van der Waals surface area contributed by atoms with Crippen molar-refractivity contribution in [3.8, 4) is 0 Å². The minimum Gasteiger partial charge on any atom is -0.399 e. The summed E-state index contributed by atoms with van der Waals surface area (Å²) in [4.78, 5) is 7.07. The molecule has 100 valence electrons. The van der Waals surface area contributed by atoms with E-state index in [1.807, 2.05) is 23.5 Å². The van der Waals surface area contributed by atoms with E-state index in [1.54, 1.807) is 0 Å². The van der Waals surface area contributed by atoms with Gasteiger partial charge in [0.05, 0.1) is 5.01 Å². The summed E-state index contributed by atoms with van der Waals surface area (Å²) < 4.78 is 0. The van der Waals surface area contributed by atoms with E-state index in [0.717, 1.165) is 24.5 Å². The molecule has 3 rings (SSSR count). The highest BCUT2D eigenvalue weighted by Gasteiger charge is 2.22. The van der Waals surface area contributed by atoms with Crippen LogP contribution < -0.4 is 10.6 Å². The summed E-state index contributed by atoms with van der Waals surface area (Å²) in [5.41, 5.74) is 9.00. The number of anilines is 2. The lowest BCUT2D eigenvalue weighted by atomic mass is 9.97. The fraction of sp³-hybridized carbons (Fsp3) is 0.400. The van der Waals surface area contributed by atoms with Crippen LogP contribution in [-0.4, -0.2) is 18.1 Å². The van der Waals surface area contributed by atoms with Crippen LogP contribution in [0.5, 0.6) is 0 Å². The summed E-state index contributed by atoms with van der Waals surface area (Å²) in [6, 6.07) is 8.18. The van der Waals surface area contributed by atoms with Gasteiger partial charge in [-0.3, -0.25) is 0 Å². The van der Waals surface area contributed by atoms with Crippen molar-refractivity contribution in [1.29, 1.82) is 0 Å². The number of piperidine rings is 1. The second-order valence-corrected chi connectivity index (χ2v) is 6.07. The Hall–Kier alpha value is -1.55. The monoisotopic (exact) mass is 273 g/mol. The third-order valence-corrected chi connectivity index (χ3v) is 4.86. The van der Waals surface area contributed by atoms with Gasteiger partial charge in [0.15, 0.2) is 0 Å². The van der Waals surface area contributed by atoms with Gasteiger partial charge in [-0.2, -0.15) is 0 Å². The van der Waals surface area contributed by atoms with E-state index < -0.39 is 0 Å². The number of benzene rings is 1. The molecule has 0 unspecified atom stereocenters. The lowest BCUT2D eigenvalue weighted by Crippen LogP contribution is -2.32. The maximum absolute atomic E-state index is 5.73. The first kappa shape index (κ1) is 12.5. The Morgan fingerprint density at radius 1 is 1.21 bits per heavy atom. The smallest absolute Gasteiger partial charge is 0.0960 e. The summed E-state index contributed by atoms with van der Waals surface area (Å²) >= 11 is 1.81. The Kier molecular flexibility index (Phi) is 3.42. The Bertz CT molecular complexity index is 539. The van der Waals surface area contributed by atoms with Gasteiger partial charge in [-0.1, -0.05) is 0 Å². The van der Waals surface area contributed by atoms with Gasteiger partial charge in [0, 0.05) is 41.5 Å². The lowest BCUT2D eigenvalue weighted by molar-refractivity contribution is 0.503. The van der Waals surface area contributed by atoms with Gasteiger partial charge in [-0.15, -0.1) is 11.3 Å². The molecular weight excluding hydrogens is 254 g/mol. The molecule has 2 aromatic rings. The molecule has 2 heterocycles. The van der Waals surface area contributed by atoms with E-state index in [-0.39, 0.29) is 0 Å². The average Bonchev–Trinajstić information content (AvgIpc) is 2.87. The zero-order valence-electron chi connectivity index (χ0n) is 11.2. The Balaban J connectivity index is 1.64. The highest BCUT2D eigenvalue weighted by atomic mass is 32.1. The highest BCUT2D eigenvalue weighted by Crippen LogP contribution is 2.32. The minimum absolute atomic E-state index is 0.642. The van der Waals surface area contributed by atoms with Crippen molar-refractivity contribution in [2.75, 3.05) is 23.7 Å². The third kappa shape index (κ3) is 2.73. The van der Waals surface area contributed by atoms with Crippen LogP contribution in [0.3, 0.4) is 0 Å². The van der Waals surface area contributed by atoms with Crippen molar-refractivity contribution in [3.05, 3.63) is 40.3 Å². The quantitative estimate of drug-likeness (QED) is 0.853. The topological polar surface area (TPSA) is 42.1 Å². The normalized spacial score (nSPS) is 16.8. The number of aromatic nitrogens is 1. The minimum atomic E-state index is 0.642. The molecular formula is C15H19N3S. The average molecular weight is 273 g/mol. The van der Waals surface area contributed by atoms with E-state index in [9.17, 15) is 0 Å². The molecule has 0 radical (unpaired) electrons. The number of nitrogens with two attached hydrogens (primary N) is 1. The van der Waals surface area contributed by atoms with Gasteiger partial charge in [-0.25, -0.2) is 4.98 Å². The second-order valence-electron chi connectivity index (χ2n) is 5.18. The summed E-state index contributed by atoms with van der Waals surface area (Å²) in [5, 5.41) is 3.47. The molecule has 19 heavy (non-hydrogen) atoms. The van der Waals surface area contributed by atoms with Gasteiger partial charge < -0.3 is 10.6 Å². The first-order valence-corrected chi connectivity index (χ1v) is 7.63. The van der Waals surface area contributed by atoms with Crippen LogP contribution in [0, 0.1) is 6.92 Å². The molecule has 4 heteroatoms. The number of nitrogens with zero attached hydrogens (tertiary/aromatic N) is 2. The van der Waals surface area contributed by atoms with Crippen molar-refractivity contribution in [1.82, 2.24) is 4.98 Å². The molecule has 1 aliphatic rings. The Labute approximate surface area is 118 Å². The molecule has 0 aliphatic carbocycles. The largest absolute Gasteiger partial charge is 0.399 e. The van der Waals surface area contributed by atoms with Crippen molar-refractivity contribution < 1.29 is 0 Å². The molecule has 0 saturated carbocycles. The van der Waals surface area contributed by atoms with Crippen molar-refractivity contribution in [3.63, 3.8) is 0 Å². The van der Waals surface area contributed by atoms with Crippen molar-refractivity contribution in [2.45, 2.75) is 25.7 Å². The van der Waals surface area contributed by atoms with Crippen molar-refractivity contribution in [2.24, 2.45) is 0 Å². The molecule has 2 N–H and O–H groups in total.